The molecule has 0 aromatic heterocycles. The van der Waals surface area contributed by atoms with Crippen LogP contribution in [-0.2, 0) is 12.8 Å². The van der Waals surface area contributed by atoms with Gasteiger partial charge in [0, 0.05) is 22.5 Å². The van der Waals surface area contributed by atoms with Gasteiger partial charge in [-0.15, -0.1) is 0 Å². The zero-order chi connectivity index (χ0) is 15.6. The third kappa shape index (κ3) is 3.13. The van der Waals surface area contributed by atoms with Crippen molar-refractivity contribution in [2.24, 2.45) is 5.73 Å². The van der Waals surface area contributed by atoms with Gasteiger partial charge in [-0.1, -0.05) is 29.8 Å². The van der Waals surface area contributed by atoms with Crippen molar-refractivity contribution < 1.29 is 4.74 Å². The average Bonchev–Trinajstić information content (AvgIpc) is 2.88. The van der Waals surface area contributed by atoms with Crippen LogP contribution in [0.2, 0.25) is 0 Å². The molecule has 0 bridgehead atoms. The van der Waals surface area contributed by atoms with Crippen molar-refractivity contribution in [1.29, 1.82) is 0 Å². The third-order valence-corrected chi connectivity index (χ3v) is 5.53. The van der Waals surface area contributed by atoms with Gasteiger partial charge in [0.15, 0.2) is 0 Å². The number of halogens is 1. The minimum atomic E-state index is 0.0355. The Balaban J connectivity index is 2.29. The number of rotatable bonds is 6. The van der Waals surface area contributed by atoms with E-state index in [0.29, 0.717) is 0 Å². The van der Waals surface area contributed by atoms with Gasteiger partial charge in [0.25, 0.3) is 0 Å². The minimum Gasteiger partial charge on any atom is -0.493 e. The van der Waals surface area contributed by atoms with Crippen molar-refractivity contribution in [3.8, 4) is 5.75 Å². The van der Waals surface area contributed by atoms with Crippen LogP contribution >= 0.6 is 15.9 Å². The number of fused-ring (bicyclic) bond motifs is 1. The molecule has 0 saturated carbocycles. The predicted molar refractivity (Wildman–Crippen MR) is 92.0 cm³/mol. The van der Waals surface area contributed by atoms with Gasteiger partial charge in [0.1, 0.15) is 5.75 Å². The fourth-order valence-corrected chi connectivity index (χ4v) is 4.22. The van der Waals surface area contributed by atoms with Crippen LogP contribution in [-0.4, -0.2) is 37.2 Å². The Morgan fingerprint density at radius 2 is 2.00 bits per heavy atom. The van der Waals surface area contributed by atoms with E-state index >= 15 is 0 Å². The van der Waals surface area contributed by atoms with Crippen LogP contribution in [0.15, 0.2) is 16.6 Å². The van der Waals surface area contributed by atoms with Gasteiger partial charge in [0.2, 0.25) is 0 Å². The largest absolute Gasteiger partial charge is 0.493 e. The lowest BCUT2D eigenvalue weighted by Gasteiger charge is -2.43. The molecule has 1 aliphatic heterocycles. The summed E-state index contributed by atoms with van der Waals surface area (Å²) in [7, 11) is 4.27. The van der Waals surface area contributed by atoms with Crippen LogP contribution in [0.4, 0.5) is 0 Å². The lowest BCUT2D eigenvalue weighted by molar-refractivity contribution is 0.105. The molecule has 1 atom stereocenters. The van der Waals surface area contributed by atoms with Crippen LogP contribution < -0.4 is 10.5 Å². The molecule has 0 fully saturated rings. The molecule has 2 N–H and O–H groups in total. The fourth-order valence-electron chi connectivity index (χ4n) is 3.66. The summed E-state index contributed by atoms with van der Waals surface area (Å²) in [6.07, 6.45) is 3.95. The van der Waals surface area contributed by atoms with Gasteiger partial charge in [-0.25, -0.2) is 0 Å². The van der Waals surface area contributed by atoms with Crippen molar-refractivity contribution >= 4 is 15.9 Å². The maximum Gasteiger partial charge on any atom is 0.125 e. The van der Waals surface area contributed by atoms with E-state index in [9.17, 15) is 0 Å². The number of ether oxygens (including phenoxy) is 1. The first kappa shape index (κ1) is 16.8. The monoisotopic (exact) mass is 354 g/mol. The molecular formula is C17H27BrN2O. The van der Waals surface area contributed by atoms with E-state index < -0.39 is 0 Å². The molecule has 0 spiro atoms. The van der Waals surface area contributed by atoms with Gasteiger partial charge in [-0.3, -0.25) is 0 Å². The van der Waals surface area contributed by atoms with Crippen LogP contribution in [0.3, 0.4) is 0 Å². The van der Waals surface area contributed by atoms with E-state index in [4.69, 9.17) is 10.5 Å². The molecule has 1 heterocycles. The van der Waals surface area contributed by atoms with Crippen molar-refractivity contribution in [3.63, 3.8) is 0 Å². The SMILES string of the molecule is CCC(CC)(C(N)Cc1cc(Br)cc2c1OCC2)N(C)C. The Morgan fingerprint density at radius 1 is 1.33 bits per heavy atom. The summed E-state index contributed by atoms with van der Waals surface area (Å²) in [6, 6.07) is 4.41. The van der Waals surface area contributed by atoms with Gasteiger partial charge in [-0.2, -0.15) is 0 Å². The Bertz CT molecular complexity index is 498. The lowest BCUT2D eigenvalue weighted by Crippen LogP contribution is -2.57. The number of nitrogens with zero attached hydrogens (tertiary/aromatic N) is 1. The summed E-state index contributed by atoms with van der Waals surface area (Å²) in [5.74, 6) is 1.06. The Labute approximate surface area is 137 Å². The summed E-state index contributed by atoms with van der Waals surface area (Å²) in [6.45, 7) is 5.24. The molecule has 1 aromatic carbocycles. The fraction of sp³-hybridized carbons (Fsp3) is 0.647. The molecule has 0 amide bonds. The summed E-state index contributed by atoms with van der Waals surface area (Å²) in [4.78, 5) is 2.29. The molecule has 0 radical (unpaired) electrons. The van der Waals surface area contributed by atoms with Crippen molar-refractivity contribution in [1.82, 2.24) is 4.90 Å². The Hall–Kier alpha value is -0.580. The summed E-state index contributed by atoms with van der Waals surface area (Å²) in [5, 5.41) is 0. The second-order valence-electron chi connectivity index (χ2n) is 6.17. The van der Waals surface area contributed by atoms with Gasteiger partial charge in [-0.05, 0) is 56.6 Å². The van der Waals surface area contributed by atoms with Crippen LogP contribution in [0.25, 0.3) is 0 Å². The minimum absolute atomic E-state index is 0.0355. The van der Waals surface area contributed by atoms with Crippen LogP contribution in [0.1, 0.15) is 37.8 Å². The normalized spacial score (nSPS) is 16.0. The molecule has 1 unspecified atom stereocenters. The van der Waals surface area contributed by atoms with Crippen LogP contribution in [0.5, 0.6) is 5.75 Å². The number of hydrogen-bond donors (Lipinski definition) is 1. The number of hydrogen-bond acceptors (Lipinski definition) is 3. The second-order valence-corrected chi connectivity index (χ2v) is 7.08. The number of likely N-dealkylation sites (N-methyl/N-ethyl adjacent to an activating group) is 1. The molecule has 1 aliphatic rings. The Kier molecular flexibility index (Phi) is 5.33. The number of benzene rings is 1. The second kappa shape index (κ2) is 6.67. The number of nitrogens with two attached hydrogens (primary N) is 1. The van der Waals surface area contributed by atoms with Gasteiger partial charge < -0.3 is 15.4 Å². The highest BCUT2D eigenvalue weighted by Gasteiger charge is 2.36. The maximum absolute atomic E-state index is 6.64. The third-order valence-electron chi connectivity index (χ3n) is 5.07. The first-order valence-corrected chi connectivity index (χ1v) is 8.61. The van der Waals surface area contributed by atoms with E-state index in [-0.39, 0.29) is 11.6 Å². The van der Waals surface area contributed by atoms with E-state index in [2.05, 4.69) is 60.9 Å². The first-order valence-electron chi connectivity index (χ1n) is 7.81. The molecule has 3 nitrogen and oxygen atoms in total. The summed E-state index contributed by atoms with van der Waals surface area (Å²) >= 11 is 3.61. The Morgan fingerprint density at radius 3 is 2.57 bits per heavy atom. The van der Waals surface area contributed by atoms with Crippen molar-refractivity contribution in [2.75, 3.05) is 20.7 Å². The molecule has 4 heteroatoms. The smallest absolute Gasteiger partial charge is 0.125 e. The van der Waals surface area contributed by atoms with E-state index in [0.717, 1.165) is 42.5 Å². The van der Waals surface area contributed by atoms with E-state index in [1.807, 2.05) is 0 Å². The van der Waals surface area contributed by atoms with E-state index in [1.54, 1.807) is 0 Å². The molecule has 0 aliphatic carbocycles. The summed E-state index contributed by atoms with van der Waals surface area (Å²) in [5.41, 5.74) is 9.21. The summed E-state index contributed by atoms with van der Waals surface area (Å²) < 4.78 is 6.96. The van der Waals surface area contributed by atoms with Crippen molar-refractivity contribution in [3.05, 3.63) is 27.7 Å². The quantitative estimate of drug-likeness (QED) is 0.850. The van der Waals surface area contributed by atoms with E-state index in [1.165, 1.54) is 11.1 Å². The highest BCUT2D eigenvalue weighted by Crippen LogP contribution is 2.35. The standard InChI is InChI=1S/C17H27BrN2O/c1-5-17(6-2,20(3)4)15(19)11-13-10-14(18)9-12-7-8-21-16(12)13/h9-10,15H,5-8,11,19H2,1-4H3. The first-order chi connectivity index (χ1) is 9.94. The molecule has 2 rings (SSSR count). The molecule has 0 saturated heterocycles. The highest BCUT2D eigenvalue weighted by atomic mass is 79.9. The predicted octanol–water partition coefficient (Wildman–Crippen LogP) is 3.37. The zero-order valence-electron chi connectivity index (χ0n) is 13.6. The topological polar surface area (TPSA) is 38.5 Å². The van der Waals surface area contributed by atoms with Crippen molar-refractivity contribution in [2.45, 2.75) is 51.1 Å². The van der Waals surface area contributed by atoms with Gasteiger partial charge in [0.05, 0.1) is 6.61 Å². The molecule has 21 heavy (non-hydrogen) atoms. The van der Waals surface area contributed by atoms with Gasteiger partial charge >= 0.3 is 0 Å². The zero-order valence-corrected chi connectivity index (χ0v) is 15.2. The molecule has 118 valence electrons. The lowest BCUT2D eigenvalue weighted by atomic mass is 9.80. The average molecular weight is 355 g/mol. The molecular weight excluding hydrogens is 328 g/mol. The molecule has 1 aromatic rings. The van der Waals surface area contributed by atoms with Crippen LogP contribution in [0, 0.1) is 0 Å². The maximum atomic E-state index is 6.64. The highest BCUT2D eigenvalue weighted by molar-refractivity contribution is 9.10.